The van der Waals surface area contributed by atoms with Gasteiger partial charge in [0.05, 0.1) is 6.61 Å². The first-order valence-electron chi connectivity index (χ1n) is 14.7. The van der Waals surface area contributed by atoms with Crippen LogP contribution in [0.5, 0.6) is 5.75 Å². The van der Waals surface area contributed by atoms with Crippen molar-refractivity contribution in [3.63, 3.8) is 0 Å². The minimum atomic E-state index is -0.455. The van der Waals surface area contributed by atoms with Crippen molar-refractivity contribution >= 4 is 17.7 Å². The van der Waals surface area contributed by atoms with Crippen LogP contribution < -0.4 is 20.7 Å². The second-order valence-corrected chi connectivity index (χ2v) is 10.6. The van der Waals surface area contributed by atoms with Crippen LogP contribution in [-0.4, -0.2) is 55.8 Å². The van der Waals surface area contributed by atoms with Gasteiger partial charge in [-0.25, -0.2) is 24.9 Å². The zero-order chi connectivity index (χ0) is 33.0. The van der Waals surface area contributed by atoms with Gasteiger partial charge in [-0.3, -0.25) is 14.4 Å². The van der Waals surface area contributed by atoms with Crippen LogP contribution in [0.15, 0.2) is 79.1 Å². The molecule has 6 aromatic rings. The Morgan fingerprint density at radius 1 is 0.708 bits per heavy atom. The highest BCUT2D eigenvalue weighted by Crippen LogP contribution is 2.31. The van der Waals surface area contributed by atoms with Crippen LogP contribution >= 0.6 is 0 Å². The molecule has 16 heteroatoms. The van der Waals surface area contributed by atoms with Gasteiger partial charge in [0.25, 0.3) is 11.8 Å². The number of carbonyl (C=O) groups excluding carboxylic acids is 3. The molecule has 242 valence electrons. The number of carbonyl (C=O) groups is 3. The Labute approximate surface area is 271 Å². The molecule has 1 aliphatic rings. The van der Waals surface area contributed by atoms with Crippen LogP contribution in [0.1, 0.15) is 45.4 Å². The quantitative estimate of drug-likeness (QED) is 0.227. The Morgan fingerprint density at radius 2 is 1.19 bits per heavy atom. The first-order chi connectivity index (χ1) is 23.4. The maximum atomic E-state index is 12.9. The van der Waals surface area contributed by atoms with E-state index in [1.165, 1.54) is 32.0 Å². The summed E-state index contributed by atoms with van der Waals surface area (Å²) in [6, 6.07) is 10.6. The molecule has 6 heterocycles. The van der Waals surface area contributed by atoms with E-state index in [1.807, 2.05) is 24.3 Å². The highest BCUT2D eigenvalue weighted by Gasteiger charge is 2.22. The van der Waals surface area contributed by atoms with Crippen molar-refractivity contribution in [1.82, 2.24) is 40.9 Å². The van der Waals surface area contributed by atoms with Crippen molar-refractivity contribution < 1.29 is 36.8 Å². The van der Waals surface area contributed by atoms with Crippen molar-refractivity contribution in [3.8, 4) is 52.1 Å². The molecule has 0 radical (unpaired) electrons. The number of rotatable bonds is 5. The lowest BCUT2D eigenvalue weighted by atomic mass is 10.1. The standard InChI is InChI=1S/C32H26N8O8/c1-17(41)33-6-3-7-44-20-9-21-29-39-25(15-47-29)31-37-23(13-45-31)27(42)34-11-18-4-2-5-19(8-18)12-35-28(43)24-14-46-32(38-24)26-16-48-30(40-26)22(10-20)36-21/h2,4-5,8-10,13-16H,3,6-7,11-12H2,1H3,(H,33,41)(H,34,42)(H,35,43). The van der Waals surface area contributed by atoms with Crippen molar-refractivity contribution in [3.05, 3.63) is 84.0 Å². The van der Waals surface area contributed by atoms with E-state index in [0.29, 0.717) is 18.7 Å². The second-order valence-electron chi connectivity index (χ2n) is 10.6. The monoisotopic (exact) mass is 650 g/mol. The summed E-state index contributed by atoms with van der Waals surface area (Å²) in [4.78, 5) is 59.1. The minimum Gasteiger partial charge on any atom is -0.493 e. The van der Waals surface area contributed by atoms with Gasteiger partial charge < -0.3 is 38.4 Å². The van der Waals surface area contributed by atoms with Crippen molar-refractivity contribution in [2.75, 3.05) is 13.2 Å². The molecular formula is C32H26N8O8. The Morgan fingerprint density at radius 3 is 1.71 bits per heavy atom. The third kappa shape index (κ3) is 6.67. The van der Waals surface area contributed by atoms with Gasteiger partial charge in [-0.2, -0.15) is 0 Å². The summed E-state index contributed by atoms with van der Waals surface area (Å²) < 4.78 is 28.5. The fourth-order valence-corrected chi connectivity index (χ4v) is 4.70. The molecule has 5 aromatic heterocycles. The molecule has 3 N–H and O–H groups in total. The molecule has 1 aliphatic heterocycles. The van der Waals surface area contributed by atoms with E-state index in [2.05, 4.69) is 40.9 Å². The molecule has 7 rings (SSSR count). The van der Waals surface area contributed by atoms with Crippen LogP contribution in [-0.2, 0) is 17.9 Å². The van der Waals surface area contributed by atoms with E-state index < -0.39 is 11.8 Å². The topological polar surface area (TPSA) is 214 Å². The molecule has 48 heavy (non-hydrogen) atoms. The average molecular weight is 651 g/mol. The predicted octanol–water partition coefficient (Wildman–Crippen LogP) is 3.78. The molecule has 0 saturated carbocycles. The van der Waals surface area contributed by atoms with Crippen molar-refractivity contribution in [1.29, 1.82) is 0 Å². The Kier molecular flexibility index (Phi) is 8.17. The van der Waals surface area contributed by atoms with Gasteiger partial charge in [0.1, 0.15) is 42.2 Å². The fraction of sp³-hybridized carbons (Fsp3) is 0.188. The fourth-order valence-electron chi connectivity index (χ4n) is 4.70. The van der Waals surface area contributed by atoms with Gasteiger partial charge >= 0.3 is 0 Å². The van der Waals surface area contributed by atoms with Crippen LogP contribution in [0.2, 0.25) is 0 Å². The van der Waals surface area contributed by atoms with Crippen LogP contribution in [0.4, 0.5) is 0 Å². The minimum absolute atomic E-state index is 0.0502. The summed E-state index contributed by atoms with van der Waals surface area (Å²) in [5, 5.41) is 8.35. The van der Waals surface area contributed by atoms with Gasteiger partial charge in [-0.05, 0) is 17.5 Å². The van der Waals surface area contributed by atoms with E-state index in [1.54, 1.807) is 12.1 Å². The Hall–Kier alpha value is -6.58. The van der Waals surface area contributed by atoms with Crippen molar-refractivity contribution in [2.24, 2.45) is 0 Å². The number of nitrogens with one attached hydrogen (secondary N) is 3. The number of benzene rings is 1. The SMILES string of the molecule is CC(=O)NCCCOc1cc2nc(c1)-c1nc(co1)-c1nc(co1)C(=O)NCc1cccc(c1)CNC(=O)c1coc(n1)-c1coc-2n1. The Balaban J connectivity index is 1.24. The lowest BCUT2D eigenvalue weighted by Crippen LogP contribution is -2.24. The van der Waals surface area contributed by atoms with Gasteiger partial charge in [-0.15, -0.1) is 0 Å². The molecule has 0 spiro atoms. The van der Waals surface area contributed by atoms with E-state index in [-0.39, 0.29) is 83.3 Å². The average Bonchev–Trinajstić information content (AvgIpc) is 3.92. The summed E-state index contributed by atoms with van der Waals surface area (Å²) in [7, 11) is 0. The number of nitrogens with zero attached hydrogens (tertiary/aromatic N) is 5. The van der Waals surface area contributed by atoms with E-state index >= 15 is 0 Å². The molecule has 0 atom stereocenters. The molecule has 0 unspecified atom stereocenters. The van der Waals surface area contributed by atoms with Crippen LogP contribution in [0, 0.1) is 0 Å². The number of pyridine rings is 1. The predicted molar refractivity (Wildman–Crippen MR) is 164 cm³/mol. The number of hydrogen-bond donors (Lipinski definition) is 3. The smallest absolute Gasteiger partial charge is 0.273 e. The number of fused-ring (bicyclic) bond motifs is 16. The molecule has 0 saturated heterocycles. The van der Waals surface area contributed by atoms with Gasteiger partial charge in [-0.1, -0.05) is 24.3 Å². The maximum Gasteiger partial charge on any atom is 0.273 e. The molecule has 1 aromatic carbocycles. The van der Waals surface area contributed by atoms with E-state index in [4.69, 9.17) is 22.4 Å². The molecule has 0 fully saturated rings. The van der Waals surface area contributed by atoms with Gasteiger partial charge in [0, 0.05) is 38.7 Å². The largest absolute Gasteiger partial charge is 0.493 e. The molecule has 0 aliphatic carbocycles. The zero-order valence-electron chi connectivity index (χ0n) is 25.3. The van der Waals surface area contributed by atoms with Crippen LogP contribution in [0.25, 0.3) is 46.3 Å². The first-order valence-corrected chi connectivity index (χ1v) is 14.7. The maximum absolute atomic E-state index is 12.9. The highest BCUT2D eigenvalue weighted by molar-refractivity contribution is 5.93. The zero-order valence-corrected chi connectivity index (χ0v) is 25.3. The number of oxazole rings is 4. The number of amides is 3. The highest BCUT2D eigenvalue weighted by atomic mass is 16.5. The third-order valence-electron chi connectivity index (χ3n) is 7.02. The number of aromatic nitrogens is 5. The summed E-state index contributed by atoms with van der Waals surface area (Å²) in [6.45, 7) is 2.58. The summed E-state index contributed by atoms with van der Waals surface area (Å²) >= 11 is 0. The number of ether oxygens (including phenoxy) is 1. The second kappa shape index (κ2) is 13.0. The molecule has 16 nitrogen and oxygen atoms in total. The van der Waals surface area contributed by atoms with Crippen molar-refractivity contribution in [2.45, 2.75) is 26.4 Å². The lowest BCUT2D eigenvalue weighted by molar-refractivity contribution is -0.118. The first kappa shape index (κ1) is 30.1. The lowest BCUT2D eigenvalue weighted by Gasteiger charge is -2.09. The normalized spacial score (nSPS) is 12.9. The summed E-state index contributed by atoms with van der Waals surface area (Å²) in [5.74, 6) is -0.315. The molecular weight excluding hydrogens is 624 g/mol. The van der Waals surface area contributed by atoms with Gasteiger partial charge in [0.15, 0.2) is 22.8 Å². The number of hydrogen-bond acceptors (Lipinski definition) is 13. The summed E-state index contributed by atoms with van der Waals surface area (Å²) in [6.07, 6.45) is 5.67. The van der Waals surface area contributed by atoms with Crippen LogP contribution in [0.3, 0.4) is 0 Å². The molecule has 12 bridgehead atoms. The van der Waals surface area contributed by atoms with E-state index in [9.17, 15) is 14.4 Å². The van der Waals surface area contributed by atoms with E-state index in [0.717, 1.165) is 11.1 Å². The summed E-state index contributed by atoms with van der Waals surface area (Å²) in [5.41, 5.74) is 2.73. The Bertz CT molecular complexity index is 2000. The van der Waals surface area contributed by atoms with Gasteiger partial charge in [0.2, 0.25) is 29.5 Å². The third-order valence-corrected chi connectivity index (χ3v) is 7.02. The molecule has 3 amide bonds.